The summed E-state index contributed by atoms with van der Waals surface area (Å²) >= 11 is 0. The van der Waals surface area contributed by atoms with E-state index < -0.39 is 6.10 Å². The summed E-state index contributed by atoms with van der Waals surface area (Å²) in [5, 5.41) is 10.1. The minimum atomic E-state index is -0.539. The Hall–Kier alpha value is -1.81. The number of aliphatic hydroxyl groups is 1. The van der Waals surface area contributed by atoms with E-state index in [9.17, 15) is 5.11 Å². The van der Waals surface area contributed by atoms with Crippen LogP contribution in [0.25, 0.3) is 11.4 Å². The van der Waals surface area contributed by atoms with Crippen LogP contribution in [0.5, 0.6) is 5.75 Å². The van der Waals surface area contributed by atoms with Gasteiger partial charge in [-0.15, -0.1) is 0 Å². The molecule has 0 saturated heterocycles. The van der Waals surface area contributed by atoms with E-state index in [2.05, 4.69) is 9.97 Å². The molecule has 1 unspecified atom stereocenters. The van der Waals surface area contributed by atoms with Crippen LogP contribution in [0, 0.1) is 12.8 Å². The van der Waals surface area contributed by atoms with E-state index in [-0.39, 0.29) is 5.92 Å². The third-order valence-corrected chi connectivity index (χ3v) is 3.20. The molecule has 0 aliphatic heterocycles. The number of aromatic amines is 1. The van der Waals surface area contributed by atoms with Gasteiger partial charge in [-0.25, -0.2) is 4.98 Å². The highest BCUT2D eigenvalue weighted by Gasteiger charge is 2.19. The lowest BCUT2D eigenvalue weighted by atomic mass is 10.0. The van der Waals surface area contributed by atoms with Crippen molar-refractivity contribution in [3.8, 4) is 17.1 Å². The zero-order chi connectivity index (χ0) is 14.0. The van der Waals surface area contributed by atoms with Crippen molar-refractivity contribution in [1.29, 1.82) is 0 Å². The second-order valence-electron chi connectivity index (χ2n) is 5.01. The molecule has 0 saturated carbocycles. The molecule has 1 heterocycles. The Morgan fingerprint density at radius 2 is 1.84 bits per heavy atom. The number of aromatic nitrogens is 2. The lowest BCUT2D eigenvalue weighted by molar-refractivity contribution is 0.122. The lowest BCUT2D eigenvalue weighted by Gasteiger charge is -2.12. The summed E-state index contributed by atoms with van der Waals surface area (Å²) in [7, 11) is 1.64. The van der Waals surface area contributed by atoms with E-state index in [4.69, 9.17) is 4.74 Å². The summed E-state index contributed by atoms with van der Waals surface area (Å²) in [6, 6.07) is 7.68. The van der Waals surface area contributed by atoms with Crippen molar-refractivity contribution >= 4 is 0 Å². The van der Waals surface area contributed by atoms with Crippen LogP contribution in [0.2, 0.25) is 0 Å². The molecule has 2 N–H and O–H groups in total. The predicted octanol–water partition coefficient (Wildman–Crippen LogP) is 3.08. The highest BCUT2D eigenvalue weighted by molar-refractivity contribution is 5.57. The third kappa shape index (κ3) is 2.79. The van der Waals surface area contributed by atoms with Gasteiger partial charge in [0.05, 0.1) is 12.8 Å². The van der Waals surface area contributed by atoms with Gasteiger partial charge in [0, 0.05) is 11.3 Å². The second kappa shape index (κ2) is 5.45. The molecule has 2 rings (SSSR count). The largest absolute Gasteiger partial charge is 0.497 e. The van der Waals surface area contributed by atoms with Crippen LogP contribution < -0.4 is 4.74 Å². The maximum atomic E-state index is 10.1. The van der Waals surface area contributed by atoms with Crippen LogP contribution in [-0.4, -0.2) is 22.2 Å². The fraction of sp³-hybridized carbons (Fsp3) is 0.400. The average Bonchev–Trinajstić information content (AvgIpc) is 2.80. The van der Waals surface area contributed by atoms with Crippen LogP contribution >= 0.6 is 0 Å². The molecular formula is C15H20N2O2. The van der Waals surface area contributed by atoms with E-state index >= 15 is 0 Å². The smallest absolute Gasteiger partial charge is 0.137 e. The monoisotopic (exact) mass is 260 g/mol. The van der Waals surface area contributed by atoms with Crippen LogP contribution in [-0.2, 0) is 0 Å². The molecule has 0 aliphatic rings. The number of hydrogen-bond donors (Lipinski definition) is 2. The number of nitrogens with zero attached hydrogens (tertiary/aromatic N) is 1. The molecule has 2 aromatic rings. The van der Waals surface area contributed by atoms with Gasteiger partial charge in [-0.3, -0.25) is 0 Å². The quantitative estimate of drug-likeness (QED) is 0.888. The maximum Gasteiger partial charge on any atom is 0.137 e. The number of nitrogens with one attached hydrogen (secondary N) is 1. The van der Waals surface area contributed by atoms with Gasteiger partial charge >= 0.3 is 0 Å². The molecule has 0 bridgehead atoms. The number of ether oxygens (including phenoxy) is 1. The van der Waals surface area contributed by atoms with Gasteiger partial charge in [0.1, 0.15) is 17.7 Å². The van der Waals surface area contributed by atoms with Crippen molar-refractivity contribution in [2.45, 2.75) is 26.9 Å². The lowest BCUT2D eigenvalue weighted by Crippen LogP contribution is -2.07. The normalized spacial score (nSPS) is 12.7. The fourth-order valence-corrected chi connectivity index (χ4v) is 1.96. The van der Waals surface area contributed by atoms with Crippen LogP contribution in [0.4, 0.5) is 0 Å². The summed E-state index contributed by atoms with van der Waals surface area (Å²) < 4.78 is 5.13. The molecule has 19 heavy (non-hydrogen) atoms. The summed E-state index contributed by atoms with van der Waals surface area (Å²) in [6.07, 6.45) is -0.539. The second-order valence-corrected chi connectivity index (χ2v) is 5.01. The zero-order valence-corrected chi connectivity index (χ0v) is 11.8. The van der Waals surface area contributed by atoms with Crippen molar-refractivity contribution in [3.05, 3.63) is 35.7 Å². The van der Waals surface area contributed by atoms with Gasteiger partial charge in [0.25, 0.3) is 0 Å². The van der Waals surface area contributed by atoms with Crippen LogP contribution in [0.1, 0.15) is 31.3 Å². The molecular weight excluding hydrogens is 240 g/mol. The summed E-state index contributed by atoms with van der Waals surface area (Å²) in [6.45, 7) is 5.89. The van der Waals surface area contributed by atoms with Gasteiger partial charge in [-0.1, -0.05) is 13.8 Å². The Labute approximate surface area is 113 Å². The molecule has 0 fully saturated rings. The highest BCUT2D eigenvalue weighted by Crippen LogP contribution is 2.26. The predicted molar refractivity (Wildman–Crippen MR) is 75.1 cm³/mol. The first-order valence-electron chi connectivity index (χ1n) is 6.42. The molecule has 0 spiro atoms. The van der Waals surface area contributed by atoms with E-state index in [0.29, 0.717) is 0 Å². The molecule has 1 aromatic carbocycles. The maximum absolute atomic E-state index is 10.1. The van der Waals surface area contributed by atoms with Crippen molar-refractivity contribution in [2.75, 3.05) is 7.11 Å². The van der Waals surface area contributed by atoms with Crippen molar-refractivity contribution < 1.29 is 9.84 Å². The van der Waals surface area contributed by atoms with Crippen LogP contribution in [0.3, 0.4) is 0 Å². The van der Waals surface area contributed by atoms with E-state index in [1.54, 1.807) is 7.11 Å². The van der Waals surface area contributed by atoms with Gasteiger partial charge in [0.15, 0.2) is 0 Å². The first-order chi connectivity index (χ1) is 9.02. The Balaban J connectivity index is 2.33. The number of rotatable bonds is 4. The number of hydrogen-bond acceptors (Lipinski definition) is 3. The Bertz CT molecular complexity index is 544. The third-order valence-electron chi connectivity index (χ3n) is 3.20. The zero-order valence-electron chi connectivity index (χ0n) is 11.8. The number of benzene rings is 1. The standard InChI is InChI=1S/C15H20N2O2/c1-9(2)14(18)13-10(3)16-15(17-13)11-5-7-12(19-4)8-6-11/h5-9,14,18H,1-4H3,(H,16,17). The topological polar surface area (TPSA) is 58.1 Å². The van der Waals surface area contributed by atoms with E-state index in [1.165, 1.54) is 0 Å². The molecule has 4 nitrogen and oxygen atoms in total. The van der Waals surface area contributed by atoms with Gasteiger partial charge in [0.2, 0.25) is 0 Å². The first-order valence-corrected chi connectivity index (χ1v) is 6.42. The Morgan fingerprint density at radius 3 is 2.37 bits per heavy atom. The van der Waals surface area contributed by atoms with E-state index in [1.807, 2.05) is 45.0 Å². The van der Waals surface area contributed by atoms with Crippen molar-refractivity contribution in [3.63, 3.8) is 0 Å². The average molecular weight is 260 g/mol. The van der Waals surface area contributed by atoms with Crippen molar-refractivity contribution in [2.24, 2.45) is 5.92 Å². The summed E-state index contributed by atoms with van der Waals surface area (Å²) in [5.74, 6) is 1.73. The van der Waals surface area contributed by atoms with Crippen molar-refractivity contribution in [1.82, 2.24) is 9.97 Å². The molecule has 0 aliphatic carbocycles. The molecule has 0 radical (unpaired) electrons. The first kappa shape index (κ1) is 13.6. The van der Waals surface area contributed by atoms with Gasteiger partial charge in [-0.2, -0.15) is 0 Å². The summed E-state index contributed by atoms with van der Waals surface area (Å²) in [5.41, 5.74) is 2.61. The number of aryl methyl sites for hydroxylation is 1. The molecule has 4 heteroatoms. The fourth-order valence-electron chi connectivity index (χ4n) is 1.96. The van der Waals surface area contributed by atoms with E-state index in [0.717, 1.165) is 28.5 Å². The molecule has 0 amide bonds. The van der Waals surface area contributed by atoms with Crippen LogP contribution in [0.15, 0.2) is 24.3 Å². The Kier molecular flexibility index (Phi) is 3.90. The number of H-pyrrole nitrogens is 1. The summed E-state index contributed by atoms with van der Waals surface area (Å²) in [4.78, 5) is 7.73. The number of aliphatic hydroxyl groups excluding tert-OH is 1. The molecule has 102 valence electrons. The van der Waals surface area contributed by atoms with Gasteiger partial charge in [-0.05, 0) is 37.1 Å². The SMILES string of the molecule is COc1ccc(-c2nc(C(O)C(C)C)c(C)[nH]2)cc1. The minimum absolute atomic E-state index is 0.144. The number of imidazole rings is 1. The van der Waals surface area contributed by atoms with Gasteiger partial charge < -0.3 is 14.8 Å². The molecule has 1 aromatic heterocycles. The minimum Gasteiger partial charge on any atom is -0.497 e. The molecule has 1 atom stereocenters. The number of methoxy groups -OCH3 is 1. The highest BCUT2D eigenvalue weighted by atomic mass is 16.5. The Morgan fingerprint density at radius 1 is 1.21 bits per heavy atom.